The van der Waals surface area contributed by atoms with Crippen LogP contribution < -0.4 is 4.72 Å². The van der Waals surface area contributed by atoms with Crippen LogP contribution in [0.15, 0.2) is 56.4 Å². The second kappa shape index (κ2) is 7.27. The van der Waals surface area contributed by atoms with Crippen molar-refractivity contribution in [1.82, 2.24) is 4.72 Å². The number of sulfonamides is 1. The van der Waals surface area contributed by atoms with Crippen molar-refractivity contribution >= 4 is 28.0 Å². The van der Waals surface area contributed by atoms with E-state index in [0.717, 1.165) is 12.2 Å². The average Bonchev–Trinajstić information content (AvgIpc) is 3.04. The van der Waals surface area contributed by atoms with Gasteiger partial charge in [0.1, 0.15) is 11.5 Å². The second-order valence-corrected chi connectivity index (χ2v) is 9.41. The summed E-state index contributed by atoms with van der Waals surface area (Å²) in [5.41, 5.74) is 0.653. The number of nitrogens with zero attached hydrogens (tertiary/aromatic N) is 1. The number of benzene rings is 1. The molecular formula is C21H22N2O5S. The van der Waals surface area contributed by atoms with Gasteiger partial charge in [-0.3, -0.25) is 0 Å². The molecule has 7 nitrogen and oxygen atoms in total. The number of esters is 1. The molecule has 4 rings (SSSR count). The maximum Gasteiger partial charge on any atom is 0.363 e. The topological polar surface area (TPSA) is 98.0 Å². The lowest BCUT2D eigenvalue weighted by Gasteiger charge is -2.09. The monoisotopic (exact) mass is 414 g/mol. The van der Waals surface area contributed by atoms with E-state index in [-0.39, 0.29) is 22.5 Å². The van der Waals surface area contributed by atoms with Gasteiger partial charge in [-0.15, -0.1) is 0 Å². The molecule has 152 valence electrons. The lowest BCUT2D eigenvalue weighted by Crippen LogP contribution is -2.30. The first-order valence-corrected chi connectivity index (χ1v) is 11.0. The van der Waals surface area contributed by atoms with Crippen LogP contribution in [0.5, 0.6) is 0 Å². The van der Waals surface area contributed by atoms with E-state index in [4.69, 9.17) is 9.15 Å². The molecule has 29 heavy (non-hydrogen) atoms. The van der Waals surface area contributed by atoms with Crippen molar-refractivity contribution in [3.8, 4) is 0 Å². The predicted molar refractivity (Wildman–Crippen MR) is 108 cm³/mol. The third-order valence-electron chi connectivity index (χ3n) is 4.82. The molecule has 0 radical (unpaired) electrons. The molecule has 0 bridgehead atoms. The summed E-state index contributed by atoms with van der Waals surface area (Å²) in [4.78, 5) is 16.5. The number of carbonyl (C=O) groups excluding carboxylic acids is 1. The summed E-state index contributed by atoms with van der Waals surface area (Å²) in [6, 6.07) is 9.55. The molecule has 0 unspecified atom stereocenters. The van der Waals surface area contributed by atoms with Crippen LogP contribution in [0.2, 0.25) is 0 Å². The van der Waals surface area contributed by atoms with E-state index in [1.54, 1.807) is 32.1 Å². The third-order valence-corrected chi connectivity index (χ3v) is 6.50. The summed E-state index contributed by atoms with van der Waals surface area (Å²) in [5.74, 6) is 2.12. The molecule has 0 saturated heterocycles. The van der Waals surface area contributed by atoms with Gasteiger partial charge in [0.25, 0.3) is 0 Å². The van der Waals surface area contributed by atoms with E-state index in [0.29, 0.717) is 23.2 Å². The number of rotatable bonds is 6. The normalized spacial score (nSPS) is 22.8. The quantitative estimate of drug-likeness (QED) is 0.577. The number of aliphatic imine (C=N–C) groups is 1. The fraction of sp³-hybridized carbons (Fsp3) is 0.333. The molecule has 2 aliphatic rings. The molecule has 8 heteroatoms. The SMILES string of the molecule is CC(C)NS(=O)(=O)c1ccc(C2=N/C(=C/c3ccc([C@H]4C[C@@H]4C)o3)C(=O)O2)cc1. The largest absolute Gasteiger partial charge is 0.461 e. The molecule has 1 N–H and O–H groups in total. The molecular weight excluding hydrogens is 392 g/mol. The van der Waals surface area contributed by atoms with Crippen LogP contribution in [0.1, 0.15) is 50.2 Å². The molecule has 2 atom stereocenters. The Morgan fingerprint density at radius 3 is 2.48 bits per heavy atom. The first kappa shape index (κ1) is 19.6. The van der Waals surface area contributed by atoms with Gasteiger partial charge in [-0.25, -0.2) is 22.9 Å². The first-order chi connectivity index (χ1) is 13.7. The van der Waals surface area contributed by atoms with Gasteiger partial charge in [-0.05, 0) is 62.6 Å². The Kier molecular flexibility index (Phi) is 4.92. The highest BCUT2D eigenvalue weighted by atomic mass is 32.2. The second-order valence-electron chi connectivity index (χ2n) is 7.70. The summed E-state index contributed by atoms with van der Waals surface area (Å²) in [6.07, 6.45) is 2.67. The Labute approximate surface area is 169 Å². The van der Waals surface area contributed by atoms with Gasteiger partial charge in [-0.2, -0.15) is 0 Å². The number of cyclic esters (lactones) is 1. The van der Waals surface area contributed by atoms with Gasteiger partial charge in [0.2, 0.25) is 15.9 Å². The minimum atomic E-state index is -3.59. The zero-order valence-corrected chi connectivity index (χ0v) is 17.2. The van der Waals surface area contributed by atoms with Gasteiger partial charge in [0.15, 0.2) is 5.70 Å². The fourth-order valence-corrected chi connectivity index (χ4v) is 4.44. The fourth-order valence-electron chi connectivity index (χ4n) is 3.19. The Bertz CT molecular complexity index is 1110. The van der Waals surface area contributed by atoms with E-state index in [1.807, 2.05) is 12.1 Å². The molecule has 1 aliphatic heterocycles. The Balaban J connectivity index is 1.53. The maximum absolute atomic E-state index is 12.2. The highest BCUT2D eigenvalue weighted by molar-refractivity contribution is 7.89. The van der Waals surface area contributed by atoms with Crippen LogP contribution in [0.4, 0.5) is 0 Å². The summed E-state index contributed by atoms with van der Waals surface area (Å²) < 4.78 is 38.0. The van der Waals surface area contributed by atoms with Gasteiger partial charge in [0.05, 0.1) is 4.90 Å². The van der Waals surface area contributed by atoms with E-state index >= 15 is 0 Å². The van der Waals surface area contributed by atoms with Gasteiger partial charge >= 0.3 is 5.97 Å². The first-order valence-electron chi connectivity index (χ1n) is 9.48. The van der Waals surface area contributed by atoms with Crippen LogP contribution >= 0.6 is 0 Å². The van der Waals surface area contributed by atoms with Gasteiger partial charge < -0.3 is 9.15 Å². The van der Waals surface area contributed by atoms with Crippen LogP contribution in [0.25, 0.3) is 6.08 Å². The molecule has 1 aliphatic carbocycles. The Morgan fingerprint density at radius 1 is 1.17 bits per heavy atom. The lowest BCUT2D eigenvalue weighted by atomic mass is 10.2. The lowest BCUT2D eigenvalue weighted by molar-refractivity contribution is -0.129. The van der Waals surface area contributed by atoms with Crippen molar-refractivity contribution in [3.05, 3.63) is 59.2 Å². The smallest absolute Gasteiger partial charge is 0.363 e. The third kappa shape index (κ3) is 4.18. The minimum absolute atomic E-state index is 0.129. The summed E-state index contributed by atoms with van der Waals surface area (Å²) in [5, 5.41) is 0. The standard InChI is InChI=1S/C21H22N2O5S/c1-12(2)23-29(25,26)16-7-4-14(5-8-16)20-22-18(21(24)28-20)11-15-6-9-19(27-15)17-10-13(17)3/h4-9,11-13,17,23H,10H2,1-3H3/b18-11+/t13-,17-/m0/s1. The van der Waals surface area contributed by atoms with Gasteiger partial charge in [0, 0.05) is 23.6 Å². The Hall–Kier alpha value is -2.71. The van der Waals surface area contributed by atoms with Crippen molar-refractivity contribution in [1.29, 1.82) is 0 Å². The molecule has 1 aromatic heterocycles. The maximum atomic E-state index is 12.2. The summed E-state index contributed by atoms with van der Waals surface area (Å²) >= 11 is 0. The molecule has 2 aromatic rings. The molecule has 0 spiro atoms. The Morgan fingerprint density at radius 2 is 1.86 bits per heavy atom. The number of nitrogens with one attached hydrogen (secondary N) is 1. The van der Waals surface area contributed by atoms with Gasteiger partial charge in [-0.1, -0.05) is 6.92 Å². The average molecular weight is 414 g/mol. The molecule has 1 saturated carbocycles. The highest BCUT2D eigenvalue weighted by Gasteiger charge is 2.36. The molecule has 0 amide bonds. The predicted octanol–water partition coefficient (Wildman–Crippen LogP) is 3.43. The minimum Gasteiger partial charge on any atom is -0.461 e. The number of hydrogen-bond donors (Lipinski definition) is 1. The molecule has 1 fully saturated rings. The number of carbonyl (C=O) groups is 1. The van der Waals surface area contributed by atoms with E-state index in [1.165, 1.54) is 12.1 Å². The summed E-state index contributed by atoms with van der Waals surface area (Å²) in [6.45, 7) is 5.67. The number of ether oxygens (including phenoxy) is 1. The van der Waals surface area contributed by atoms with Crippen molar-refractivity contribution < 1.29 is 22.4 Å². The van der Waals surface area contributed by atoms with Crippen molar-refractivity contribution in [2.24, 2.45) is 10.9 Å². The van der Waals surface area contributed by atoms with Crippen molar-refractivity contribution in [2.75, 3.05) is 0 Å². The van der Waals surface area contributed by atoms with E-state index < -0.39 is 16.0 Å². The van der Waals surface area contributed by atoms with Crippen LogP contribution in [-0.4, -0.2) is 26.3 Å². The van der Waals surface area contributed by atoms with E-state index in [9.17, 15) is 13.2 Å². The summed E-state index contributed by atoms with van der Waals surface area (Å²) in [7, 11) is -3.59. The molecule has 2 heterocycles. The van der Waals surface area contributed by atoms with Crippen LogP contribution in [0, 0.1) is 5.92 Å². The number of furan rings is 1. The van der Waals surface area contributed by atoms with E-state index in [2.05, 4.69) is 16.6 Å². The molecule has 1 aromatic carbocycles. The van der Waals surface area contributed by atoms with Crippen LogP contribution in [0.3, 0.4) is 0 Å². The zero-order chi connectivity index (χ0) is 20.8. The zero-order valence-electron chi connectivity index (χ0n) is 16.4. The van der Waals surface area contributed by atoms with Crippen LogP contribution in [-0.2, 0) is 19.6 Å². The van der Waals surface area contributed by atoms with Crippen molar-refractivity contribution in [3.63, 3.8) is 0 Å². The number of hydrogen-bond acceptors (Lipinski definition) is 6. The van der Waals surface area contributed by atoms with Crippen molar-refractivity contribution in [2.45, 2.75) is 44.0 Å². The highest BCUT2D eigenvalue weighted by Crippen LogP contribution is 2.47.